The van der Waals surface area contributed by atoms with Gasteiger partial charge in [-0.25, -0.2) is 13.1 Å². The van der Waals surface area contributed by atoms with Crippen LogP contribution in [0.1, 0.15) is 80.3 Å². The van der Waals surface area contributed by atoms with E-state index in [0.29, 0.717) is 35.8 Å². The number of carbonyl (C=O) groups excluding carboxylic acids is 2. The Morgan fingerprint density at radius 1 is 0.981 bits per heavy atom. The predicted octanol–water partition coefficient (Wildman–Crippen LogP) is 5.82. The monoisotopic (exact) mass is 752 g/mol. The molecule has 1 N–H and O–H groups in total. The number of hydrogen-bond donors (Lipinski definition) is 1. The predicted molar refractivity (Wildman–Crippen MR) is 203 cm³/mol. The summed E-state index contributed by atoms with van der Waals surface area (Å²) in [6.07, 6.45) is 11.5. The Balaban J connectivity index is 1.15. The quantitative estimate of drug-likeness (QED) is 0.390. The van der Waals surface area contributed by atoms with Crippen LogP contribution in [0.4, 0.5) is 5.69 Å². The number of amides is 2. The first-order chi connectivity index (χ1) is 25.1. The number of rotatable bonds is 4. The largest absolute Gasteiger partial charge is 0.487 e. The minimum atomic E-state index is -3.97. The van der Waals surface area contributed by atoms with Gasteiger partial charge in [0.25, 0.3) is 5.91 Å². The molecule has 2 saturated heterocycles. The van der Waals surface area contributed by atoms with Gasteiger partial charge in [0.1, 0.15) is 19.0 Å². The average molecular weight is 753 g/mol. The van der Waals surface area contributed by atoms with E-state index in [-0.39, 0.29) is 36.0 Å². The fourth-order valence-corrected chi connectivity index (χ4v) is 9.88. The Hall–Kier alpha value is -3.12. The molecule has 0 unspecified atom stereocenters. The summed E-state index contributed by atoms with van der Waals surface area (Å²) in [6, 6.07) is 11.6. The van der Waals surface area contributed by atoms with Gasteiger partial charge in [0.15, 0.2) is 0 Å². The number of anilines is 1. The first-order valence-corrected chi connectivity index (χ1v) is 21.1. The van der Waals surface area contributed by atoms with Gasteiger partial charge in [-0.05, 0) is 131 Å². The molecule has 12 heteroatoms. The molecule has 1 saturated carbocycles. The summed E-state index contributed by atoms with van der Waals surface area (Å²) in [5.74, 6) is 0.260. The molecule has 0 radical (unpaired) electrons. The van der Waals surface area contributed by atoms with E-state index in [1.54, 1.807) is 25.1 Å². The lowest BCUT2D eigenvalue weighted by molar-refractivity contribution is -0.146. The molecule has 5 atom stereocenters. The third-order valence-corrected chi connectivity index (χ3v) is 14.4. The zero-order valence-electron chi connectivity index (χ0n) is 30.5. The van der Waals surface area contributed by atoms with Crippen molar-refractivity contribution in [3.8, 4) is 5.75 Å². The lowest BCUT2D eigenvalue weighted by Gasteiger charge is -2.45. The minimum absolute atomic E-state index is 0.0312. The molecule has 10 nitrogen and oxygen atoms in total. The van der Waals surface area contributed by atoms with Crippen LogP contribution in [-0.2, 0) is 32.6 Å². The Morgan fingerprint density at radius 2 is 1.77 bits per heavy atom. The van der Waals surface area contributed by atoms with Crippen LogP contribution in [0, 0.1) is 17.8 Å². The molecule has 5 aliphatic rings. The van der Waals surface area contributed by atoms with E-state index in [0.717, 1.165) is 82.6 Å². The van der Waals surface area contributed by atoms with Crippen molar-refractivity contribution < 1.29 is 27.5 Å². The highest BCUT2D eigenvalue weighted by atomic mass is 35.5. The molecule has 2 aromatic rings. The number of hydrogen-bond acceptors (Lipinski definition) is 8. The molecule has 7 rings (SSSR count). The SMILES string of the molecule is C[C@@H]1[C@@H](C)C/C=C/[C@H](OCC(=O)N2CC(N3CCCC3)C2)[C@@H]2CC[C@H]2CN2CCCCc3cc(Cl)ccc3COc3ccc(cc32)C(=O)NS1(=O)=O. The van der Waals surface area contributed by atoms with Crippen LogP contribution in [0.25, 0.3) is 0 Å². The van der Waals surface area contributed by atoms with Gasteiger partial charge in [-0.15, -0.1) is 0 Å². The molecule has 1 aliphatic carbocycles. The van der Waals surface area contributed by atoms with Crippen LogP contribution in [0.3, 0.4) is 0 Å². The maximum absolute atomic E-state index is 13.5. The van der Waals surface area contributed by atoms with Crippen molar-refractivity contribution in [1.29, 1.82) is 0 Å². The fourth-order valence-electron chi connectivity index (χ4n) is 8.40. The second-order valence-corrected chi connectivity index (χ2v) is 18.1. The highest BCUT2D eigenvalue weighted by molar-refractivity contribution is 7.90. The van der Waals surface area contributed by atoms with E-state index in [4.69, 9.17) is 21.1 Å². The lowest BCUT2D eigenvalue weighted by atomic mass is 9.70. The van der Waals surface area contributed by atoms with Gasteiger partial charge in [0, 0.05) is 42.8 Å². The van der Waals surface area contributed by atoms with E-state index >= 15 is 0 Å². The van der Waals surface area contributed by atoms with Crippen LogP contribution in [0.15, 0.2) is 48.6 Å². The normalized spacial score (nSPS) is 29.3. The van der Waals surface area contributed by atoms with Crippen molar-refractivity contribution in [3.05, 3.63) is 70.3 Å². The average Bonchev–Trinajstić information content (AvgIpc) is 3.61. The van der Waals surface area contributed by atoms with Crippen molar-refractivity contribution in [2.75, 3.05) is 50.8 Å². The van der Waals surface area contributed by atoms with E-state index < -0.39 is 21.2 Å². The number of nitrogens with one attached hydrogen (secondary N) is 1. The molecular formula is C40H53ClN4O6S. The van der Waals surface area contributed by atoms with Gasteiger partial charge in [-0.2, -0.15) is 0 Å². The molecule has 52 heavy (non-hydrogen) atoms. The van der Waals surface area contributed by atoms with Crippen LogP contribution >= 0.6 is 11.6 Å². The molecule has 0 spiro atoms. The van der Waals surface area contributed by atoms with Crippen LogP contribution in [0.5, 0.6) is 5.75 Å². The van der Waals surface area contributed by atoms with Crippen molar-refractivity contribution in [1.82, 2.24) is 14.5 Å². The summed E-state index contributed by atoms with van der Waals surface area (Å²) in [4.78, 5) is 33.5. The third kappa shape index (κ3) is 8.32. The Kier molecular flexibility index (Phi) is 11.5. The number of halogens is 1. The molecule has 0 aromatic heterocycles. The molecule has 282 valence electrons. The number of ether oxygens (including phenoxy) is 2. The highest BCUT2D eigenvalue weighted by Crippen LogP contribution is 2.42. The first kappa shape index (κ1) is 37.2. The molecule has 2 bridgehead atoms. The number of carbonyl (C=O) groups is 2. The summed E-state index contributed by atoms with van der Waals surface area (Å²) in [5.41, 5.74) is 3.28. The van der Waals surface area contributed by atoms with Gasteiger partial charge in [0.05, 0.1) is 17.0 Å². The smallest absolute Gasteiger partial charge is 0.264 e. The summed E-state index contributed by atoms with van der Waals surface area (Å²) in [6.45, 7) is 9.16. The van der Waals surface area contributed by atoms with Crippen LogP contribution < -0.4 is 14.4 Å². The second kappa shape index (κ2) is 16.1. The molecule has 4 heterocycles. The van der Waals surface area contributed by atoms with Crippen LogP contribution in [-0.4, -0.2) is 93.3 Å². The van der Waals surface area contributed by atoms with Crippen LogP contribution in [0.2, 0.25) is 5.02 Å². The molecule has 3 fully saturated rings. The van der Waals surface area contributed by atoms with E-state index in [1.807, 2.05) is 36.1 Å². The number of likely N-dealkylation sites (tertiary alicyclic amines) is 2. The van der Waals surface area contributed by atoms with Gasteiger partial charge in [-0.3, -0.25) is 14.5 Å². The molecular weight excluding hydrogens is 700 g/mol. The Labute approximate surface area is 313 Å². The van der Waals surface area contributed by atoms with Crippen molar-refractivity contribution in [3.63, 3.8) is 0 Å². The minimum Gasteiger partial charge on any atom is -0.487 e. The number of benzene rings is 2. The zero-order valence-corrected chi connectivity index (χ0v) is 32.0. The first-order valence-electron chi connectivity index (χ1n) is 19.2. The Bertz CT molecular complexity index is 1760. The highest BCUT2D eigenvalue weighted by Gasteiger charge is 2.40. The summed E-state index contributed by atoms with van der Waals surface area (Å²) in [7, 11) is -3.97. The van der Waals surface area contributed by atoms with E-state index in [9.17, 15) is 18.0 Å². The van der Waals surface area contributed by atoms with Crippen molar-refractivity contribution in [2.45, 2.75) is 89.2 Å². The third-order valence-electron chi connectivity index (χ3n) is 12.2. The molecule has 2 aromatic carbocycles. The molecule has 2 amide bonds. The van der Waals surface area contributed by atoms with Gasteiger partial charge in [0.2, 0.25) is 15.9 Å². The van der Waals surface area contributed by atoms with E-state index in [1.165, 1.54) is 18.4 Å². The topological polar surface area (TPSA) is 108 Å². The summed E-state index contributed by atoms with van der Waals surface area (Å²) >= 11 is 6.37. The van der Waals surface area contributed by atoms with E-state index in [2.05, 4.69) is 20.6 Å². The van der Waals surface area contributed by atoms with Gasteiger partial charge in [-0.1, -0.05) is 36.7 Å². The van der Waals surface area contributed by atoms with Crippen molar-refractivity contribution in [2.24, 2.45) is 17.8 Å². The lowest BCUT2D eigenvalue weighted by Crippen LogP contribution is -2.61. The fraction of sp³-hybridized carbons (Fsp3) is 0.600. The van der Waals surface area contributed by atoms with Gasteiger partial charge >= 0.3 is 0 Å². The maximum atomic E-state index is 13.5. The summed E-state index contributed by atoms with van der Waals surface area (Å²) < 4.78 is 42.2. The maximum Gasteiger partial charge on any atom is 0.264 e. The number of allylic oxidation sites excluding steroid dienone is 1. The Morgan fingerprint density at radius 3 is 2.54 bits per heavy atom. The zero-order chi connectivity index (χ0) is 36.4. The number of sulfonamides is 1. The number of aryl methyl sites for hydroxylation is 1. The van der Waals surface area contributed by atoms with Crippen molar-refractivity contribution >= 4 is 39.1 Å². The number of nitrogens with zero attached hydrogens (tertiary/aromatic N) is 3. The number of fused-ring (bicyclic) bond motifs is 3. The van der Waals surface area contributed by atoms with Gasteiger partial charge < -0.3 is 19.3 Å². The summed E-state index contributed by atoms with van der Waals surface area (Å²) in [5, 5.41) is -0.108. The standard InChI is InChI=1S/C40H53ClN4O6S/c1-27-8-7-10-37(51-26-39(46)45-23-34(24-45)43-17-5-6-18-43)35-15-12-31(35)22-44-19-4-3-9-29-20-33(41)14-11-32(29)25-50-38-16-13-30(21-36(38)44)40(47)42-52(48,49)28(27)2/h7,10-11,13-14,16,20-21,27-28,31,34-35,37H,3-6,8-9,12,15,17-19,22-26H2,1-2H3,(H,42,47)/b10-7+/t27-,28+,31-,35+,37-/m0/s1. The second-order valence-electron chi connectivity index (χ2n) is 15.6. The molecule has 4 aliphatic heterocycles.